The molecule has 0 fully saturated rings. The summed E-state index contributed by atoms with van der Waals surface area (Å²) in [5.74, 6) is -1.81. The summed E-state index contributed by atoms with van der Waals surface area (Å²) in [6.07, 6.45) is 10.4. The molecule has 0 saturated carbocycles. The zero-order chi connectivity index (χ0) is 24.9. The average molecular weight is 468 g/mol. The van der Waals surface area contributed by atoms with Crippen molar-refractivity contribution in [3.8, 4) is 0 Å². The molecule has 182 valence electrons. The van der Waals surface area contributed by atoms with Gasteiger partial charge >= 0.3 is 11.9 Å². The number of hydrogen-bond acceptors (Lipinski definition) is 7. The van der Waals surface area contributed by atoms with Crippen LogP contribution in [-0.2, 0) is 9.47 Å². The van der Waals surface area contributed by atoms with Crippen molar-refractivity contribution >= 4 is 23.8 Å². The van der Waals surface area contributed by atoms with Gasteiger partial charge in [-0.2, -0.15) is 0 Å². The van der Waals surface area contributed by atoms with Crippen molar-refractivity contribution in [3.05, 3.63) is 70.6 Å². The molecule has 34 heavy (non-hydrogen) atoms. The highest BCUT2D eigenvalue weighted by molar-refractivity contribution is 6.10. The number of rotatable bonds is 13. The molecule has 0 aliphatic carbocycles. The van der Waals surface area contributed by atoms with E-state index in [2.05, 4.69) is 11.9 Å². The van der Waals surface area contributed by atoms with Crippen LogP contribution in [0.5, 0.6) is 0 Å². The Morgan fingerprint density at radius 2 is 1.50 bits per heavy atom. The molecule has 1 N–H and O–H groups in total. The Labute approximate surface area is 200 Å². The fraction of sp³-hybridized carbons (Fsp3) is 0.407. The summed E-state index contributed by atoms with van der Waals surface area (Å²) in [6, 6.07) is 8.99. The molecule has 1 aromatic heterocycles. The van der Waals surface area contributed by atoms with Crippen LogP contribution >= 0.6 is 0 Å². The fourth-order valence-corrected chi connectivity index (χ4v) is 3.49. The van der Waals surface area contributed by atoms with Crippen molar-refractivity contribution in [2.45, 2.75) is 58.0 Å². The largest absolute Gasteiger partial charge is 0.465 e. The van der Waals surface area contributed by atoms with E-state index >= 15 is 0 Å². The van der Waals surface area contributed by atoms with Gasteiger partial charge < -0.3 is 14.6 Å². The molecule has 7 heteroatoms. The SMILES string of the molecule is CCCCCCCCC(O)/C=C/c1cccc(C(=O)c2cc(C(=O)OC)cc(C(=O)OC)c2)n1. The van der Waals surface area contributed by atoms with Crippen LogP contribution in [0, 0.1) is 0 Å². The standard InChI is InChI=1S/C27H33NO6/c1-4-5-6-7-8-9-12-23(29)15-14-22-11-10-13-24(28-22)25(30)19-16-20(26(31)33-2)18-21(17-19)27(32)34-3/h10-11,13-18,23,29H,4-9,12H2,1-3H3/b15-14+. The number of aliphatic hydroxyl groups excluding tert-OH is 1. The first kappa shape index (κ1) is 26.9. The van der Waals surface area contributed by atoms with Crippen molar-refractivity contribution < 1.29 is 29.0 Å². The number of pyridine rings is 1. The van der Waals surface area contributed by atoms with Crippen LogP contribution in [-0.4, -0.2) is 48.1 Å². The summed E-state index contributed by atoms with van der Waals surface area (Å²) in [5, 5.41) is 10.2. The smallest absolute Gasteiger partial charge is 0.337 e. The van der Waals surface area contributed by atoms with E-state index in [1.54, 1.807) is 30.4 Å². The minimum atomic E-state index is -0.677. The predicted molar refractivity (Wildman–Crippen MR) is 130 cm³/mol. The first-order chi connectivity index (χ1) is 16.4. The Balaban J connectivity index is 2.13. The number of unbranched alkanes of at least 4 members (excludes halogenated alkanes) is 5. The topological polar surface area (TPSA) is 103 Å². The van der Waals surface area contributed by atoms with Gasteiger partial charge in [0.2, 0.25) is 5.78 Å². The lowest BCUT2D eigenvalue weighted by atomic mass is 10.0. The number of methoxy groups -OCH3 is 2. The lowest BCUT2D eigenvalue weighted by Gasteiger charge is -2.08. The Bertz CT molecular complexity index is 980. The molecular weight excluding hydrogens is 434 g/mol. The van der Waals surface area contributed by atoms with Gasteiger partial charge in [-0.05, 0) is 42.8 Å². The Morgan fingerprint density at radius 3 is 2.12 bits per heavy atom. The van der Waals surface area contributed by atoms with Crippen molar-refractivity contribution in [1.82, 2.24) is 4.98 Å². The molecule has 1 aromatic carbocycles. The fourth-order valence-electron chi connectivity index (χ4n) is 3.49. The van der Waals surface area contributed by atoms with Gasteiger partial charge in [-0.15, -0.1) is 0 Å². The molecule has 2 aromatic rings. The van der Waals surface area contributed by atoms with Crippen molar-refractivity contribution in [3.63, 3.8) is 0 Å². The van der Waals surface area contributed by atoms with Crippen LogP contribution in [0.15, 0.2) is 42.5 Å². The van der Waals surface area contributed by atoms with Crippen LogP contribution in [0.4, 0.5) is 0 Å². The van der Waals surface area contributed by atoms with E-state index in [0.717, 1.165) is 12.8 Å². The van der Waals surface area contributed by atoms with Crippen LogP contribution < -0.4 is 0 Å². The molecule has 0 aliphatic rings. The van der Waals surface area contributed by atoms with Gasteiger partial charge in [-0.25, -0.2) is 14.6 Å². The van der Waals surface area contributed by atoms with Crippen molar-refractivity contribution in [2.75, 3.05) is 14.2 Å². The number of esters is 2. The van der Waals surface area contributed by atoms with Gasteiger partial charge in [0, 0.05) is 5.56 Å². The highest BCUT2D eigenvalue weighted by Crippen LogP contribution is 2.17. The quantitative estimate of drug-likeness (QED) is 0.251. The number of carbonyl (C=O) groups is 3. The van der Waals surface area contributed by atoms with Crippen molar-refractivity contribution in [1.29, 1.82) is 0 Å². The zero-order valence-corrected chi connectivity index (χ0v) is 20.1. The molecule has 0 spiro atoms. The average Bonchev–Trinajstić information content (AvgIpc) is 2.87. The highest BCUT2D eigenvalue weighted by Gasteiger charge is 2.19. The summed E-state index contributed by atoms with van der Waals surface area (Å²) in [7, 11) is 2.43. The first-order valence-electron chi connectivity index (χ1n) is 11.6. The lowest BCUT2D eigenvalue weighted by Crippen LogP contribution is -2.11. The van der Waals surface area contributed by atoms with Gasteiger partial charge in [-0.3, -0.25) is 4.79 Å². The maximum atomic E-state index is 13.1. The maximum absolute atomic E-state index is 13.1. The molecule has 2 rings (SSSR count). The monoisotopic (exact) mass is 467 g/mol. The number of ketones is 1. The van der Waals surface area contributed by atoms with Crippen LogP contribution in [0.25, 0.3) is 6.08 Å². The third kappa shape index (κ3) is 8.23. The van der Waals surface area contributed by atoms with Gasteiger partial charge in [-0.1, -0.05) is 57.6 Å². The molecule has 7 nitrogen and oxygen atoms in total. The minimum absolute atomic E-state index is 0.0580. The molecule has 0 bridgehead atoms. The molecule has 0 saturated heterocycles. The number of aliphatic hydroxyl groups is 1. The number of hydrogen-bond donors (Lipinski definition) is 1. The van der Waals surface area contributed by atoms with Gasteiger partial charge in [0.25, 0.3) is 0 Å². The Kier molecular flexibility index (Phi) is 11.1. The van der Waals surface area contributed by atoms with E-state index in [0.29, 0.717) is 12.1 Å². The molecular formula is C27H33NO6. The Hall–Kier alpha value is -3.32. The lowest BCUT2D eigenvalue weighted by molar-refractivity contribution is 0.0599. The highest BCUT2D eigenvalue weighted by atomic mass is 16.5. The Morgan fingerprint density at radius 1 is 0.912 bits per heavy atom. The normalized spacial score (nSPS) is 11.9. The maximum Gasteiger partial charge on any atom is 0.337 e. The summed E-state index contributed by atoms with van der Waals surface area (Å²) in [6.45, 7) is 2.18. The second-order valence-corrected chi connectivity index (χ2v) is 8.04. The number of carbonyl (C=O) groups excluding carboxylic acids is 3. The van der Waals surface area contributed by atoms with E-state index in [9.17, 15) is 19.5 Å². The van der Waals surface area contributed by atoms with E-state index < -0.39 is 23.8 Å². The molecule has 0 radical (unpaired) electrons. The first-order valence-corrected chi connectivity index (χ1v) is 11.6. The third-order valence-electron chi connectivity index (χ3n) is 5.38. The molecule has 1 heterocycles. The molecule has 0 amide bonds. The molecule has 0 aliphatic heterocycles. The molecule has 1 unspecified atom stereocenters. The second kappa shape index (κ2) is 14.1. The summed E-state index contributed by atoms with van der Waals surface area (Å²) < 4.78 is 9.44. The van der Waals surface area contributed by atoms with E-state index in [-0.39, 0.29) is 22.4 Å². The second-order valence-electron chi connectivity index (χ2n) is 8.04. The van der Waals surface area contributed by atoms with Gasteiger partial charge in [0.15, 0.2) is 0 Å². The third-order valence-corrected chi connectivity index (χ3v) is 5.38. The van der Waals surface area contributed by atoms with E-state index in [1.807, 2.05) is 0 Å². The van der Waals surface area contributed by atoms with Crippen LogP contribution in [0.2, 0.25) is 0 Å². The number of nitrogens with zero attached hydrogens (tertiary/aromatic N) is 1. The number of aromatic nitrogens is 1. The molecule has 1 atom stereocenters. The van der Waals surface area contributed by atoms with Gasteiger partial charge in [0.1, 0.15) is 5.69 Å². The summed E-state index contributed by atoms with van der Waals surface area (Å²) in [4.78, 5) is 41.4. The van der Waals surface area contributed by atoms with E-state index in [1.165, 1.54) is 58.1 Å². The van der Waals surface area contributed by atoms with Crippen LogP contribution in [0.1, 0.15) is 94.3 Å². The van der Waals surface area contributed by atoms with Crippen LogP contribution in [0.3, 0.4) is 0 Å². The minimum Gasteiger partial charge on any atom is -0.465 e. The summed E-state index contributed by atoms with van der Waals surface area (Å²) in [5.41, 5.74) is 0.890. The summed E-state index contributed by atoms with van der Waals surface area (Å²) >= 11 is 0. The number of benzene rings is 1. The zero-order valence-electron chi connectivity index (χ0n) is 20.1. The predicted octanol–water partition coefficient (Wildman–Crippen LogP) is 5.01. The van der Waals surface area contributed by atoms with Crippen molar-refractivity contribution in [2.24, 2.45) is 0 Å². The van der Waals surface area contributed by atoms with Gasteiger partial charge in [0.05, 0.1) is 37.1 Å². The number of ether oxygens (including phenoxy) is 2. The van der Waals surface area contributed by atoms with E-state index in [4.69, 9.17) is 9.47 Å².